The van der Waals surface area contributed by atoms with E-state index < -0.39 is 9.84 Å². The predicted octanol–water partition coefficient (Wildman–Crippen LogP) is 3.29. The predicted molar refractivity (Wildman–Crippen MR) is 104 cm³/mol. The van der Waals surface area contributed by atoms with Crippen molar-refractivity contribution in [1.29, 1.82) is 0 Å². The van der Waals surface area contributed by atoms with Gasteiger partial charge in [0.1, 0.15) is 11.5 Å². The lowest BCUT2D eigenvalue weighted by atomic mass is 10.3. The van der Waals surface area contributed by atoms with Gasteiger partial charge in [-0.1, -0.05) is 12.1 Å². The van der Waals surface area contributed by atoms with Gasteiger partial charge in [0.25, 0.3) is 5.91 Å². The average Bonchev–Trinajstić information content (AvgIpc) is 2.67. The summed E-state index contributed by atoms with van der Waals surface area (Å²) in [4.78, 5) is 16.3. The topological polar surface area (TPSA) is 94.6 Å². The molecule has 0 fully saturated rings. The summed E-state index contributed by atoms with van der Waals surface area (Å²) in [6, 6.07) is 18.1. The van der Waals surface area contributed by atoms with Crippen LogP contribution in [0.15, 0.2) is 77.8 Å². The molecule has 0 bridgehead atoms. The number of anilines is 1. The van der Waals surface area contributed by atoms with E-state index in [-0.39, 0.29) is 17.4 Å². The van der Waals surface area contributed by atoms with Gasteiger partial charge < -0.3 is 14.8 Å². The van der Waals surface area contributed by atoms with Crippen LogP contribution in [-0.4, -0.2) is 32.2 Å². The molecule has 1 aromatic heterocycles. The number of hydrogen-bond acceptors (Lipinski definition) is 6. The monoisotopic (exact) mass is 398 g/mol. The first kappa shape index (κ1) is 19.4. The summed E-state index contributed by atoms with van der Waals surface area (Å²) in [6.45, 7) is -0.207. The Morgan fingerprint density at radius 1 is 1.00 bits per heavy atom. The second kappa shape index (κ2) is 8.53. The van der Waals surface area contributed by atoms with Crippen LogP contribution in [0, 0.1) is 0 Å². The van der Waals surface area contributed by atoms with Gasteiger partial charge in [-0.2, -0.15) is 0 Å². The molecule has 0 aliphatic rings. The normalized spacial score (nSPS) is 10.9. The highest BCUT2D eigenvalue weighted by molar-refractivity contribution is 7.90. The van der Waals surface area contributed by atoms with Crippen molar-refractivity contribution in [3.05, 3.63) is 72.9 Å². The van der Waals surface area contributed by atoms with Crippen LogP contribution in [-0.2, 0) is 14.6 Å². The lowest BCUT2D eigenvalue weighted by Gasteiger charge is -2.09. The number of amides is 1. The van der Waals surface area contributed by atoms with E-state index in [0.717, 1.165) is 6.26 Å². The molecule has 1 N–H and O–H groups in total. The summed E-state index contributed by atoms with van der Waals surface area (Å²) in [6.07, 6.45) is 2.75. The molecule has 0 aliphatic heterocycles. The number of carbonyl (C=O) groups excluding carboxylic acids is 1. The fraction of sp³-hybridized carbons (Fsp3) is 0.100. The Morgan fingerprint density at radius 2 is 1.75 bits per heavy atom. The molecular formula is C20H18N2O5S. The number of sulfone groups is 1. The Hall–Kier alpha value is -3.39. The van der Waals surface area contributed by atoms with Crippen LogP contribution >= 0.6 is 0 Å². The van der Waals surface area contributed by atoms with E-state index in [4.69, 9.17) is 9.47 Å². The van der Waals surface area contributed by atoms with E-state index >= 15 is 0 Å². The summed E-state index contributed by atoms with van der Waals surface area (Å²) < 4.78 is 34.0. The smallest absolute Gasteiger partial charge is 0.262 e. The molecular weight excluding hydrogens is 380 g/mol. The number of pyridine rings is 1. The van der Waals surface area contributed by atoms with Crippen LogP contribution in [0.4, 0.5) is 5.69 Å². The molecule has 0 saturated carbocycles. The third-order valence-electron chi connectivity index (χ3n) is 3.60. The largest absolute Gasteiger partial charge is 0.484 e. The molecule has 0 aliphatic carbocycles. The van der Waals surface area contributed by atoms with Crippen molar-refractivity contribution in [3.63, 3.8) is 0 Å². The van der Waals surface area contributed by atoms with Gasteiger partial charge in [-0.15, -0.1) is 0 Å². The van der Waals surface area contributed by atoms with Gasteiger partial charge in [-0.25, -0.2) is 13.4 Å². The van der Waals surface area contributed by atoms with Gasteiger partial charge in [0.2, 0.25) is 5.88 Å². The van der Waals surface area contributed by atoms with E-state index in [1.807, 2.05) is 6.07 Å². The van der Waals surface area contributed by atoms with Gasteiger partial charge in [0.05, 0.1) is 4.90 Å². The van der Waals surface area contributed by atoms with Crippen molar-refractivity contribution in [2.24, 2.45) is 0 Å². The van der Waals surface area contributed by atoms with Crippen LogP contribution < -0.4 is 14.8 Å². The van der Waals surface area contributed by atoms with Crippen LogP contribution in [0.1, 0.15) is 0 Å². The molecule has 28 heavy (non-hydrogen) atoms. The summed E-state index contributed by atoms with van der Waals surface area (Å²) in [5.74, 6) is 1.09. The standard InChI is InChI=1S/C20H18N2O5S/c1-28(24,25)18-10-8-15(9-11-18)22-19(23)14-26-16-5-4-6-17(13-16)27-20-7-2-3-12-21-20/h2-13H,14H2,1H3,(H,22,23). The van der Waals surface area contributed by atoms with Gasteiger partial charge in [-0.05, 0) is 42.5 Å². The van der Waals surface area contributed by atoms with E-state index in [1.54, 1.807) is 42.6 Å². The zero-order chi connectivity index (χ0) is 20.0. The Balaban J connectivity index is 1.55. The van der Waals surface area contributed by atoms with Crippen LogP contribution in [0.3, 0.4) is 0 Å². The van der Waals surface area contributed by atoms with E-state index in [0.29, 0.717) is 23.1 Å². The van der Waals surface area contributed by atoms with Gasteiger partial charge in [0, 0.05) is 30.3 Å². The zero-order valence-electron chi connectivity index (χ0n) is 15.0. The summed E-state index contributed by atoms with van der Waals surface area (Å²) in [5.41, 5.74) is 0.480. The third kappa shape index (κ3) is 5.55. The maximum Gasteiger partial charge on any atom is 0.262 e. The zero-order valence-corrected chi connectivity index (χ0v) is 15.8. The number of rotatable bonds is 7. The molecule has 2 aromatic carbocycles. The van der Waals surface area contributed by atoms with Crippen molar-refractivity contribution in [3.8, 4) is 17.4 Å². The summed E-state index contributed by atoms with van der Waals surface area (Å²) >= 11 is 0. The lowest BCUT2D eigenvalue weighted by molar-refractivity contribution is -0.118. The molecule has 1 heterocycles. The fourth-order valence-electron chi connectivity index (χ4n) is 2.29. The van der Waals surface area contributed by atoms with Crippen molar-refractivity contribution < 1.29 is 22.7 Å². The Labute approximate surface area is 162 Å². The molecule has 0 radical (unpaired) electrons. The van der Waals surface area contributed by atoms with E-state index in [9.17, 15) is 13.2 Å². The molecule has 0 atom stereocenters. The van der Waals surface area contributed by atoms with Crippen molar-refractivity contribution in [2.75, 3.05) is 18.2 Å². The van der Waals surface area contributed by atoms with Crippen molar-refractivity contribution in [1.82, 2.24) is 4.98 Å². The quantitative estimate of drug-likeness (QED) is 0.656. The fourth-order valence-corrected chi connectivity index (χ4v) is 2.92. The highest BCUT2D eigenvalue weighted by Crippen LogP contribution is 2.23. The van der Waals surface area contributed by atoms with E-state index in [1.165, 1.54) is 24.3 Å². The highest BCUT2D eigenvalue weighted by Gasteiger charge is 2.08. The van der Waals surface area contributed by atoms with Gasteiger partial charge in [-0.3, -0.25) is 4.79 Å². The number of nitrogens with one attached hydrogen (secondary N) is 1. The van der Waals surface area contributed by atoms with Crippen molar-refractivity contribution >= 4 is 21.4 Å². The number of hydrogen-bond donors (Lipinski definition) is 1. The van der Waals surface area contributed by atoms with Gasteiger partial charge >= 0.3 is 0 Å². The first-order valence-corrected chi connectivity index (χ1v) is 10.2. The SMILES string of the molecule is CS(=O)(=O)c1ccc(NC(=O)COc2cccc(Oc3ccccn3)c2)cc1. The van der Waals surface area contributed by atoms with Gasteiger partial charge in [0.15, 0.2) is 16.4 Å². The van der Waals surface area contributed by atoms with Crippen LogP contribution in [0.25, 0.3) is 0 Å². The van der Waals surface area contributed by atoms with Crippen molar-refractivity contribution in [2.45, 2.75) is 4.90 Å². The number of carbonyl (C=O) groups is 1. The first-order valence-electron chi connectivity index (χ1n) is 8.32. The lowest BCUT2D eigenvalue weighted by Crippen LogP contribution is -2.20. The minimum absolute atomic E-state index is 0.187. The van der Waals surface area contributed by atoms with Crippen LogP contribution in [0.5, 0.6) is 17.4 Å². The molecule has 144 valence electrons. The number of ether oxygens (including phenoxy) is 2. The van der Waals surface area contributed by atoms with Crippen LogP contribution in [0.2, 0.25) is 0 Å². The highest BCUT2D eigenvalue weighted by atomic mass is 32.2. The Kier molecular flexibility index (Phi) is 5.90. The van der Waals surface area contributed by atoms with E-state index in [2.05, 4.69) is 10.3 Å². The number of nitrogens with zero attached hydrogens (tertiary/aromatic N) is 1. The first-order chi connectivity index (χ1) is 13.4. The summed E-state index contributed by atoms with van der Waals surface area (Å²) in [5, 5.41) is 2.65. The summed E-state index contributed by atoms with van der Waals surface area (Å²) in [7, 11) is -3.27. The minimum Gasteiger partial charge on any atom is -0.484 e. The third-order valence-corrected chi connectivity index (χ3v) is 4.73. The minimum atomic E-state index is -3.27. The molecule has 7 nitrogen and oxygen atoms in total. The Morgan fingerprint density at radius 3 is 2.43 bits per heavy atom. The molecule has 3 aromatic rings. The molecule has 0 spiro atoms. The maximum absolute atomic E-state index is 12.0. The Bertz CT molecular complexity index is 1050. The molecule has 0 unspecified atom stereocenters. The number of benzene rings is 2. The number of aromatic nitrogens is 1. The molecule has 8 heteroatoms. The maximum atomic E-state index is 12.0. The molecule has 3 rings (SSSR count). The second-order valence-corrected chi connectivity index (χ2v) is 7.89. The molecule has 0 saturated heterocycles. The second-order valence-electron chi connectivity index (χ2n) is 5.88. The average molecular weight is 398 g/mol. The molecule has 1 amide bonds.